The summed E-state index contributed by atoms with van der Waals surface area (Å²) in [5.41, 5.74) is -0.515. The summed E-state index contributed by atoms with van der Waals surface area (Å²) in [5, 5.41) is 0. The molecule has 1 fully saturated rings. The molecule has 0 N–H and O–H groups in total. The fraction of sp³-hybridized carbons (Fsp3) is 0.938. The molecule has 1 saturated heterocycles. The molecule has 1 rings (SSSR count). The molecule has 1 aliphatic rings. The van der Waals surface area contributed by atoms with E-state index < -0.39 is 5.60 Å². The SMILES string of the molecule is CC(C)CCOC1(C)CCN(C(=O)OC(C)(C)C)CC1. The first-order chi connectivity index (χ1) is 9.11. The Morgan fingerprint density at radius 2 is 1.80 bits per heavy atom. The Morgan fingerprint density at radius 1 is 1.25 bits per heavy atom. The number of likely N-dealkylation sites (tertiary alicyclic amines) is 1. The Hall–Kier alpha value is -0.770. The summed E-state index contributed by atoms with van der Waals surface area (Å²) in [6.45, 7) is 14.5. The smallest absolute Gasteiger partial charge is 0.410 e. The van der Waals surface area contributed by atoms with E-state index in [0.29, 0.717) is 19.0 Å². The van der Waals surface area contributed by atoms with Crippen LogP contribution in [0.5, 0.6) is 0 Å². The molecule has 1 aliphatic heterocycles. The lowest BCUT2D eigenvalue weighted by Gasteiger charge is -2.39. The molecule has 0 atom stereocenters. The van der Waals surface area contributed by atoms with Gasteiger partial charge >= 0.3 is 6.09 Å². The van der Waals surface area contributed by atoms with Crippen molar-refractivity contribution < 1.29 is 14.3 Å². The van der Waals surface area contributed by atoms with E-state index in [1.807, 2.05) is 20.8 Å². The minimum atomic E-state index is -0.425. The van der Waals surface area contributed by atoms with Crippen molar-refractivity contribution in [2.45, 2.75) is 72.0 Å². The predicted molar refractivity (Wildman–Crippen MR) is 80.9 cm³/mol. The van der Waals surface area contributed by atoms with Gasteiger partial charge < -0.3 is 14.4 Å². The third kappa shape index (κ3) is 6.12. The van der Waals surface area contributed by atoms with Gasteiger partial charge in [-0.3, -0.25) is 0 Å². The highest BCUT2D eigenvalue weighted by molar-refractivity contribution is 5.68. The largest absolute Gasteiger partial charge is 0.444 e. The van der Waals surface area contributed by atoms with Crippen LogP contribution in [0.3, 0.4) is 0 Å². The van der Waals surface area contributed by atoms with Crippen LogP contribution in [0.4, 0.5) is 4.79 Å². The van der Waals surface area contributed by atoms with Crippen molar-refractivity contribution >= 4 is 6.09 Å². The van der Waals surface area contributed by atoms with E-state index >= 15 is 0 Å². The molecule has 0 aromatic carbocycles. The fourth-order valence-corrected chi connectivity index (χ4v) is 2.17. The molecule has 20 heavy (non-hydrogen) atoms. The van der Waals surface area contributed by atoms with E-state index in [9.17, 15) is 4.79 Å². The van der Waals surface area contributed by atoms with E-state index in [4.69, 9.17) is 9.47 Å². The zero-order chi connectivity index (χ0) is 15.4. The van der Waals surface area contributed by atoms with E-state index in [1.165, 1.54) is 0 Å². The summed E-state index contributed by atoms with van der Waals surface area (Å²) in [6, 6.07) is 0. The Bertz CT molecular complexity index is 312. The lowest BCUT2D eigenvalue weighted by Crippen LogP contribution is -2.48. The maximum atomic E-state index is 12.0. The van der Waals surface area contributed by atoms with Crippen molar-refractivity contribution in [3.63, 3.8) is 0 Å². The second-order valence-electron chi connectivity index (χ2n) is 7.45. The molecule has 118 valence electrons. The van der Waals surface area contributed by atoms with Gasteiger partial charge in [0.1, 0.15) is 5.60 Å². The Morgan fingerprint density at radius 3 is 2.25 bits per heavy atom. The predicted octanol–water partition coefficient (Wildman–Crippen LogP) is 3.84. The van der Waals surface area contributed by atoms with Gasteiger partial charge in [-0.2, -0.15) is 0 Å². The van der Waals surface area contributed by atoms with E-state index in [-0.39, 0.29) is 11.7 Å². The monoisotopic (exact) mass is 285 g/mol. The molecule has 0 aliphatic carbocycles. The van der Waals surface area contributed by atoms with Gasteiger partial charge in [0.05, 0.1) is 5.60 Å². The fourth-order valence-electron chi connectivity index (χ4n) is 2.17. The number of hydrogen-bond acceptors (Lipinski definition) is 3. The van der Waals surface area contributed by atoms with Gasteiger partial charge in [-0.15, -0.1) is 0 Å². The van der Waals surface area contributed by atoms with Crippen molar-refractivity contribution in [1.82, 2.24) is 4.90 Å². The number of rotatable bonds is 4. The maximum absolute atomic E-state index is 12.0. The van der Waals surface area contributed by atoms with Gasteiger partial charge in [0.2, 0.25) is 0 Å². The highest BCUT2D eigenvalue weighted by atomic mass is 16.6. The summed E-state index contributed by atoms with van der Waals surface area (Å²) in [6.07, 6.45) is 2.64. The van der Waals surface area contributed by atoms with Crippen LogP contribution in [-0.2, 0) is 9.47 Å². The molecule has 4 heteroatoms. The van der Waals surface area contributed by atoms with Crippen LogP contribution in [-0.4, -0.2) is 41.9 Å². The number of hydrogen-bond donors (Lipinski definition) is 0. The topological polar surface area (TPSA) is 38.8 Å². The van der Waals surface area contributed by atoms with E-state index in [1.54, 1.807) is 4.90 Å². The lowest BCUT2D eigenvalue weighted by molar-refractivity contribution is -0.0750. The van der Waals surface area contributed by atoms with Crippen molar-refractivity contribution in [1.29, 1.82) is 0 Å². The summed E-state index contributed by atoms with van der Waals surface area (Å²) in [7, 11) is 0. The van der Waals surface area contributed by atoms with Gasteiger partial charge in [0.15, 0.2) is 0 Å². The Balaban J connectivity index is 2.36. The second kappa shape index (κ2) is 6.79. The molecule has 0 aromatic heterocycles. The number of carbonyl (C=O) groups excluding carboxylic acids is 1. The van der Waals surface area contributed by atoms with Crippen LogP contribution in [0, 0.1) is 5.92 Å². The van der Waals surface area contributed by atoms with Crippen LogP contribution in [0.25, 0.3) is 0 Å². The van der Waals surface area contributed by atoms with Gasteiger partial charge in [-0.25, -0.2) is 4.79 Å². The Labute approximate surface area is 123 Å². The number of ether oxygens (including phenoxy) is 2. The lowest BCUT2D eigenvalue weighted by atomic mass is 9.93. The molecule has 1 amide bonds. The molecular formula is C16H31NO3. The average Bonchev–Trinajstić information content (AvgIpc) is 2.26. The van der Waals surface area contributed by atoms with Crippen molar-refractivity contribution in [3.05, 3.63) is 0 Å². The number of amides is 1. The van der Waals surface area contributed by atoms with Crippen molar-refractivity contribution in [3.8, 4) is 0 Å². The number of piperidine rings is 1. The third-order valence-corrected chi connectivity index (χ3v) is 3.62. The summed E-state index contributed by atoms with van der Waals surface area (Å²) in [4.78, 5) is 13.8. The molecule has 1 heterocycles. The normalized spacial score (nSPS) is 19.2. The molecule has 0 radical (unpaired) electrons. The first kappa shape index (κ1) is 17.3. The summed E-state index contributed by atoms with van der Waals surface area (Å²) >= 11 is 0. The minimum Gasteiger partial charge on any atom is -0.444 e. The molecule has 0 bridgehead atoms. The molecule has 0 saturated carbocycles. The third-order valence-electron chi connectivity index (χ3n) is 3.62. The van der Waals surface area contributed by atoms with Crippen LogP contribution < -0.4 is 0 Å². The zero-order valence-corrected chi connectivity index (χ0v) is 14.0. The average molecular weight is 285 g/mol. The van der Waals surface area contributed by atoms with E-state index in [2.05, 4.69) is 20.8 Å². The highest BCUT2D eigenvalue weighted by Crippen LogP contribution is 2.27. The van der Waals surface area contributed by atoms with Gasteiger partial charge in [-0.1, -0.05) is 13.8 Å². The van der Waals surface area contributed by atoms with Gasteiger partial charge in [0, 0.05) is 19.7 Å². The molecule has 0 aromatic rings. The van der Waals surface area contributed by atoms with Crippen LogP contribution in [0.1, 0.15) is 60.8 Å². The summed E-state index contributed by atoms with van der Waals surface area (Å²) in [5.74, 6) is 0.667. The molecule has 0 spiro atoms. The van der Waals surface area contributed by atoms with Gasteiger partial charge in [-0.05, 0) is 52.9 Å². The van der Waals surface area contributed by atoms with Crippen LogP contribution >= 0.6 is 0 Å². The highest BCUT2D eigenvalue weighted by Gasteiger charge is 2.34. The van der Waals surface area contributed by atoms with Crippen molar-refractivity contribution in [2.24, 2.45) is 5.92 Å². The molecular weight excluding hydrogens is 254 g/mol. The quantitative estimate of drug-likeness (QED) is 0.787. The van der Waals surface area contributed by atoms with E-state index in [0.717, 1.165) is 25.9 Å². The first-order valence-electron chi connectivity index (χ1n) is 7.73. The first-order valence-corrected chi connectivity index (χ1v) is 7.73. The van der Waals surface area contributed by atoms with Crippen LogP contribution in [0.2, 0.25) is 0 Å². The molecule has 0 unspecified atom stereocenters. The Kier molecular flexibility index (Phi) is 5.87. The van der Waals surface area contributed by atoms with Crippen LogP contribution in [0.15, 0.2) is 0 Å². The number of nitrogens with zero attached hydrogens (tertiary/aromatic N) is 1. The van der Waals surface area contributed by atoms with Crippen molar-refractivity contribution in [2.75, 3.05) is 19.7 Å². The minimum absolute atomic E-state index is 0.0899. The molecule has 4 nitrogen and oxygen atoms in total. The maximum Gasteiger partial charge on any atom is 0.410 e. The number of carbonyl (C=O) groups is 1. The van der Waals surface area contributed by atoms with Gasteiger partial charge in [0.25, 0.3) is 0 Å². The zero-order valence-electron chi connectivity index (χ0n) is 14.0. The standard InChI is InChI=1S/C16H31NO3/c1-13(2)7-12-19-16(6)8-10-17(11-9-16)14(18)20-15(3,4)5/h13H,7-12H2,1-6H3. The summed E-state index contributed by atoms with van der Waals surface area (Å²) < 4.78 is 11.4. The second-order valence-corrected chi connectivity index (χ2v) is 7.45.